The topological polar surface area (TPSA) is 32.3 Å². The Hall–Kier alpha value is -1.02. The molecule has 2 N–H and O–H groups in total. The van der Waals surface area contributed by atoms with Gasteiger partial charge in [0, 0.05) is 18.2 Å². The lowest BCUT2D eigenvalue weighted by atomic mass is 9.48. The van der Waals surface area contributed by atoms with Crippen molar-refractivity contribution in [1.29, 1.82) is 0 Å². The third-order valence-corrected chi connectivity index (χ3v) is 6.59. The molecule has 0 saturated heterocycles. The van der Waals surface area contributed by atoms with Crippen molar-refractivity contribution in [3.05, 3.63) is 29.8 Å². The van der Waals surface area contributed by atoms with Crippen LogP contribution in [0.2, 0.25) is 0 Å². The van der Waals surface area contributed by atoms with Crippen molar-refractivity contribution in [3.63, 3.8) is 0 Å². The minimum Gasteiger partial charge on any atom is -0.508 e. The number of benzene rings is 1. The fourth-order valence-corrected chi connectivity index (χ4v) is 5.85. The maximum atomic E-state index is 9.92. The van der Waals surface area contributed by atoms with Crippen LogP contribution in [0.25, 0.3) is 0 Å². The van der Waals surface area contributed by atoms with Crippen LogP contribution >= 0.6 is 0 Å². The minimum atomic E-state index is 0.419. The van der Waals surface area contributed by atoms with Crippen LogP contribution in [0.5, 0.6) is 5.75 Å². The van der Waals surface area contributed by atoms with E-state index in [9.17, 15) is 5.11 Å². The molecule has 4 aliphatic carbocycles. The van der Waals surface area contributed by atoms with Crippen molar-refractivity contribution in [2.75, 3.05) is 0 Å². The van der Waals surface area contributed by atoms with Gasteiger partial charge in [-0.1, -0.05) is 18.2 Å². The highest BCUT2D eigenvalue weighted by Gasteiger charge is 2.52. The highest BCUT2D eigenvalue weighted by atomic mass is 16.3. The van der Waals surface area contributed by atoms with E-state index in [2.05, 4.69) is 12.2 Å². The smallest absolute Gasteiger partial charge is 0.120 e. The molecule has 4 saturated carbocycles. The third-order valence-electron chi connectivity index (χ3n) is 6.59. The summed E-state index contributed by atoms with van der Waals surface area (Å²) in [5.41, 5.74) is 1.56. The molecule has 2 nitrogen and oxygen atoms in total. The quantitative estimate of drug-likeness (QED) is 0.873. The molecule has 1 aromatic rings. The summed E-state index contributed by atoms with van der Waals surface area (Å²) in [7, 11) is 0. The number of hydrogen-bond acceptors (Lipinski definition) is 2. The van der Waals surface area contributed by atoms with Crippen molar-refractivity contribution in [3.8, 4) is 5.75 Å². The first-order valence-electron chi connectivity index (χ1n) is 8.65. The minimum absolute atomic E-state index is 0.419. The molecule has 4 aliphatic rings. The summed E-state index contributed by atoms with van der Waals surface area (Å²) < 4.78 is 0. The Morgan fingerprint density at radius 1 is 1.10 bits per heavy atom. The van der Waals surface area contributed by atoms with E-state index < -0.39 is 0 Å². The molecule has 0 heterocycles. The summed E-state index contributed by atoms with van der Waals surface area (Å²) in [6, 6.07) is 8.26. The van der Waals surface area contributed by atoms with Gasteiger partial charge in [-0.25, -0.2) is 0 Å². The third kappa shape index (κ3) is 2.38. The summed E-state index contributed by atoms with van der Waals surface area (Å²) in [5.74, 6) is 3.43. The second kappa shape index (κ2) is 5.01. The molecule has 1 unspecified atom stereocenters. The molecular weight excluding hydrogens is 258 g/mol. The van der Waals surface area contributed by atoms with Crippen molar-refractivity contribution in [2.24, 2.45) is 23.2 Å². The molecule has 0 aliphatic heterocycles. The summed E-state index contributed by atoms with van der Waals surface area (Å²) in [5, 5.41) is 13.7. The lowest BCUT2D eigenvalue weighted by Gasteiger charge is -2.59. The predicted octanol–water partition coefficient (Wildman–Crippen LogP) is 4.09. The van der Waals surface area contributed by atoms with Crippen LogP contribution in [-0.4, -0.2) is 11.1 Å². The summed E-state index contributed by atoms with van der Waals surface area (Å²) in [6.45, 7) is 3.17. The maximum absolute atomic E-state index is 9.92. The van der Waals surface area contributed by atoms with Gasteiger partial charge in [0.2, 0.25) is 0 Å². The second-order valence-corrected chi connectivity index (χ2v) is 8.01. The Balaban J connectivity index is 1.45. The van der Waals surface area contributed by atoms with Gasteiger partial charge in [0.15, 0.2) is 0 Å². The zero-order chi connectivity index (χ0) is 14.4. The number of rotatable bonds is 4. The highest BCUT2D eigenvalue weighted by molar-refractivity contribution is 5.31. The van der Waals surface area contributed by atoms with Gasteiger partial charge < -0.3 is 10.4 Å². The Morgan fingerprint density at radius 2 is 1.67 bits per heavy atom. The van der Waals surface area contributed by atoms with Crippen LogP contribution in [0.4, 0.5) is 0 Å². The van der Waals surface area contributed by atoms with Crippen LogP contribution < -0.4 is 5.32 Å². The first-order chi connectivity index (χ1) is 10.1. The Bertz CT molecular complexity index is 489. The maximum Gasteiger partial charge on any atom is 0.120 e. The Morgan fingerprint density at radius 3 is 2.24 bits per heavy atom. The number of hydrogen-bond donors (Lipinski definition) is 2. The zero-order valence-electron chi connectivity index (χ0n) is 13.0. The second-order valence-electron chi connectivity index (χ2n) is 8.01. The van der Waals surface area contributed by atoms with Gasteiger partial charge in [-0.15, -0.1) is 0 Å². The summed E-state index contributed by atoms with van der Waals surface area (Å²) in [6.07, 6.45) is 8.83. The van der Waals surface area contributed by atoms with Gasteiger partial charge in [-0.2, -0.15) is 0 Å². The SMILES string of the molecule is CC(NCc1ccccc1O)C12CC3CC(CC(C3)C1)C2. The molecule has 2 heteroatoms. The first kappa shape index (κ1) is 13.6. The fraction of sp³-hybridized carbons (Fsp3) is 0.684. The van der Waals surface area contributed by atoms with Crippen molar-refractivity contribution < 1.29 is 5.11 Å². The van der Waals surface area contributed by atoms with E-state index in [0.29, 0.717) is 17.2 Å². The predicted molar refractivity (Wildman–Crippen MR) is 85.0 cm³/mol. The van der Waals surface area contributed by atoms with Gasteiger partial charge in [-0.05, 0) is 74.7 Å². The molecule has 0 aromatic heterocycles. The fourth-order valence-electron chi connectivity index (χ4n) is 5.85. The average molecular weight is 285 g/mol. The van der Waals surface area contributed by atoms with E-state index in [4.69, 9.17) is 0 Å². The largest absolute Gasteiger partial charge is 0.508 e. The molecule has 21 heavy (non-hydrogen) atoms. The van der Waals surface area contributed by atoms with E-state index >= 15 is 0 Å². The molecule has 4 fully saturated rings. The van der Waals surface area contributed by atoms with Gasteiger partial charge in [-0.3, -0.25) is 0 Å². The van der Waals surface area contributed by atoms with E-state index in [1.54, 1.807) is 6.07 Å². The molecular formula is C19H27NO. The number of phenolic OH excluding ortho intramolecular Hbond substituents is 1. The monoisotopic (exact) mass is 285 g/mol. The molecule has 0 amide bonds. The van der Waals surface area contributed by atoms with Crippen LogP contribution in [0.1, 0.15) is 51.0 Å². The molecule has 5 rings (SSSR count). The van der Waals surface area contributed by atoms with E-state index in [1.807, 2.05) is 18.2 Å². The number of nitrogens with one attached hydrogen (secondary N) is 1. The number of aromatic hydroxyl groups is 1. The Kier molecular flexibility index (Phi) is 3.25. The molecule has 114 valence electrons. The van der Waals surface area contributed by atoms with Crippen molar-refractivity contribution >= 4 is 0 Å². The summed E-state index contributed by atoms with van der Waals surface area (Å²) >= 11 is 0. The molecule has 1 atom stereocenters. The first-order valence-corrected chi connectivity index (χ1v) is 8.65. The lowest BCUT2D eigenvalue weighted by Crippen LogP contribution is -2.54. The van der Waals surface area contributed by atoms with Crippen LogP contribution in [0, 0.1) is 23.2 Å². The van der Waals surface area contributed by atoms with Crippen molar-refractivity contribution in [2.45, 2.75) is 58.0 Å². The normalized spacial score (nSPS) is 38.6. The average Bonchev–Trinajstić information content (AvgIpc) is 2.44. The van der Waals surface area contributed by atoms with Gasteiger partial charge >= 0.3 is 0 Å². The number of phenols is 1. The zero-order valence-corrected chi connectivity index (χ0v) is 13.0. The van der Waals surface area contributed by atoms with E-state index in [-0.39, 0.29) is 0 Å². The van der Waals surface area contributed by atoms with Gasteiger partial charge in [0.25, 0.3) is 0 Å². The van der Waals surface area contributed by atoms with Gasteiger partial charge in [0.05, 0.1) is 0 Å². The van der Waals surface area contributed by atoms with Crippen LogP contribution in [-0.2, 0) is 6.54 Å². The summed E-state index contributed by atoms with van der Waals surface area (Å²) in [4.78, 5) is 0. The van der Waals surface area contributed by atoms with Crippen LogP contribution in [0.15, 0.2) is 24.3 Å². The lowest BCUT2D eigenvalue weighted by molar-refractivity contribution is -0.0706. The highest BCUT2D eigenvalue weighted by Crippen LogP contribution is 2.61. The molecule has 4 bridgehead atoms. The van der Waals surface area contributed by atoms with E-state index in [0.717, 1.165) is 29.9 Å². The molecule has 0 radical (unpaired) electrons. The molecule has 1 aromatic carbocycles. The van der Waals surface area contributed by atoms with Crippen LogP contribution in [0.3, 0.4) is 0 Å². The van der Waals surface area contributed by atoms with Gasteiger partial charge in [0.1, 0.15) is 5.75 Å². The van der Waals surface area contributed by atoms with E-state index in [1.165, 1.54) is 38.5 Å². The standard InChI is InChI=1S/C19H27NO/c1-13(20-12-17-4-2-3-5-18(17)21)19-9-14-6-15(10-19)8-16(7-14)11-19/h2-5,13-16,20-21H,6-12H2,1H3. The Labute approximate surface area is 128 Å². The number of para-hydroxylation sites is 1. The molecule has 0 spiro atoms. The van der Waals surface area contributed by atoms with Crippen molar-refractivity contribution in [1.82, 2.24) is 5.32 Å².